The lowest BCUT2D eigenvalue weighted by molar-refractivity contribution is 0.317. The van der Waals surface area contributed by atoms with E-state index in [0.29, 0.717) is 6.42 Å². The first-order valence-corrected chi connectivity index (χ1v) is 4.57. The standard InChI is InChI=1S/C9H16N4O/c1-4-8-7(5-9(10)12-14)6(2)13(3)11-8/h14H,4-5H2,1-3H3,(H2,10,12). The van der Waals surface area contributed by atoms with Crippen molar-refractivity contribution in [2.24, 2.45) is 17.9 Å². The molecule has 0 unspecified atom stereocenters. The number of hydrogen-bond donors (Lipinski definition) is 2. The van der Waals surface area contributed by atoms with Crippen molar-refractivity contribution in [1.29, 1.82) is 0 Å². The number of hydrogen-bond acceptors (Lipinski definition) is 3. The lowest BCUT2D eigenvalue weighted by Gasteiger charge is -2.00. The van der Waals surface area contributed by atoms with Gasteiger partial charge in [0, 0.05) is 24.7 Å². The predicted molar refractivity (Wildman–Crippen MR) is 54.4 cm³/mol. The van der Waals surface area contributed by atoms with Crippen molar-refractivity contribution in [3.8, 4) is 0 Å². The Morgan fingerprint density at radius 2 is 2.29 bits per heavy atom. The molecule has 1 aromatic heterocycles. The van der Waals surface area contributed by atoms with Crippen molar-refractivity contribution >= 4 is 5.84 Å². The molecule has 0 fully saturated rings. The molecule has 0 amide bonds. The van der Waals surface area contributed by atoms with Gasteiger partial charge in [-0.1, -0.05) is 12.1 Å². The molecule has 0 aliphatic heterocycles. The Balaban J connectivity index is 3.05. The molecule has 14 heavy (non-hydrogen) atoms. The second-order valence-corrected chi connectivity index (χ2v) is 3.26. The molecule has 1 heterocycles. The maximum absolute atomic E-state index is 8.49. The fourth-order valence-corrected chi connectivity index (χ4v) is 1.45. The van der Waals surface area contributed by atoms with Crippen LogP contribution in [0.4, 0.5) is 0 Å². The minimum Gasteiger partial charge on any atom is -0.409 e. The molecule has 3 N–H and O–H groups in total. The highest BCUT2D eigenvalue weighted by Crippen LogP contribution is 2.13. The molecular formula is C9H16N4O. The van der Waals surface area contributed by atoms with Gasteiger partial charge >= 0.3 is 0 Å². The summed E-state index contributed by atoms with van der Waals surface area (Å²) in [5.74, 6) is 0.218. The first kappa shape index (κ1) is 10.6. The Kier molecular flexibility index (Phi) is 3.11. The zero-order chi connectivity index (χ0) is 10.7. The highest BCUT2D eigenvalue weighted by molar-refractivity contribution is 5.82. The fourth-order valence-electron chi connectivity index (χ4n) is 1.45. The molecule has 0 saturated carbocycles. The summed E-state index contributed by atoms with van der Waals surface area (Å²) in [6.45, 7) is 4.02. The van der Waals surface area contributed by atoms with Crippen molar-refractivity contribution < 1.29 is 5.21 Å². The van der Waals surface area contributed by atoms with Crippen molar-refractivity contribution in [3.63, 3.8) is 0 Å². The van der Waals surface area contributed by atoms with E-state index in [-0.39, 0.29) is 5.84 Å². The van der Waals surface area contributed by atoms with Gasteiger partial charge in [0.2, 0.25) is 0 Å². The van der Waals surface area contributed by atoms with Crippen LogP contribution in [0.25, 0.3) is 0 Å². The summed E-state index contributed by atoms with van der Waals surface area (Å²) in [4.78, 5) is 0. The van der Waals surface area contributed by atoms with Crippen LogP contribution in [0.1, 0.15) is 23.9 Å². The van der Waals surface area contributed by atoms with Crippen molar-refractivity contribution in [2.75, 3.05) is 0 Å². The molecule has 0 bridgehead atoms. The number of nitrogens with two attached hydrogens (primary N) is 1. The number of aryl methyl sites for hydroxylation is 2. The van der Waals surface area contributed by atoms with Crippen LogP contribution in [0.5, 0.6) is 0 Å². The highest BCUT2D eigenvalue weighted by Gasteiger charge is 2.12. The van der Waals surface area contributed by atoms with Crippen molar-refractivity contribution in [1.82, 2.24) is 9.78 Å². The lowest BCUT2D eigenvalue weighted by atomic mass is 10.1. The van der Waals surface area contributed by atoms with Crippen LogP contribution in [-0.4, -0.2) is 20.8 Å². The average molecular weight is 196 g/mol. The maximum Gasteiger partial charge on any atom is 0.143 e. The van der Waals surface area contributed by atoms with E-state index in [9.17, 15) is 0 Å². The van der Waals surface area contributed by atoms with E-state index in [1.807, 2.05) is 25.6 Å². The van der Waals surface area contributed by atoms with E-state index in [4.69, 9.17) is 10.9 Å². The second-order valence-electron chi connectivity index (χ2n) is 3.26. The highest BCUT2D eigenvalue weighted by atomic mass is 16.4. The van der Waals surface area contributed by atoms with Gasteiger partial charge in [-0.05, 0) is 13.3 Å². The zero-order valence-corrected chi connectivity index (χ0v) is 8.78. The number of amidine groups is 1. The quantitative estimate of drug-likeness (QED) is 0.321. The predicted octanol–water partition coefficient (Wildman–Crippen LogP) is 0.580. The monoisotopic (exact) mass is 196 g/mol. The molecule has 1 aromatic rings. The van der Waals surface area contributed by atoms with Crippen LogP contribution in [0.3, 0.4) is 0 Å². The van der Waals surface area contributed by atoms with E-state index < -0.39 is 0 Å². The Hall–Kier alpha value is -1.52. The van der Waals surface area contributed by atoms with E-state index in [0.717, 1.165) is 23.4 Å². The maximum atomic E-state index is 8.49. The van der Waals surface area contributed by atoms with E-state index in [1.165, 1.54) is 0 Å². The second kappa shape index (κ2) is 4.13. The summed E-state index contributed by atoms with van der Waals surface area (Å²) in [7, 11) is 1.89. The van der Waals surface area contributed by atoms with Gasteiger partial charge in [-0.2, -0.15) is 5.10 Å². The van der Waals surface area contributed by atoms with Gasteiger partial charge < -0.3 is 10.9 Å². The summed E-state index contributed by atoms with van der Waals surface area (Å²) in [6, 6.07) is 0. The summed E-state index contributed by atoms with van der Waals surface area (Å²) in [6.07, 6.45) is 1.31. The van der Waals surface area contributed by atoms with E-state index in [2.05, 4.69) is 10.3 Å². The molecule has 0 aliphatic carbocycles. The molecule has 5 nitrogen and oxygen atoms in total. The first-order chi connectivity index (χ1) is 6.60. The lowest BCUT2D eigenvalue weighted by Crippen LogP contribution is -2.16. The first-order valence-electron chi connectivity index (χ1n) is 4.57. The largest absolute Gasteiger partial charge is 0.409 e. The molecule has 0 spiro atoms. The number of aromatic nitrogens is 2. The summed E-state index contributed by atoms with van der Waals surface area (Å²) in [5, 5.41) is 15.8. The van der Waals surface area contributed by atoms with E-state index >= 15 is 0 Å². The van der Waals surface area contributed by atoms with Gasteiger partial charge in [-0.15, -0.1) is 0 Å². The molecule has 0 radical (unpaired) electrons. The van der Waals surface area contributed by atoms with Crippen molar-refractivity contribution in [3.05, 3.63) is 17.0 Å². The Bertz CT molecular complexity index is 354. The molecule has 5 heteroatoms. The van der Waals surface area contributed by atoms with Gasteiger partial charge in [0.05, 0.1) is 5.69 Å². The molecule has 0 atom stereocenters. The van der Waals surface area contributed by atoms with Crippen LogP contribution >= 0.6 is 0 Å². The summed E-state index contributed by atoms with van der Waals surface area (Å²) >= 11 is 0. The SMILES string of the molecule is CCc1nn(C)c(C)c1C/C(N)=N/O. The number of rotatable bonds is 3. The van der Waals surface area contributed by atoms with Crippen LogP contribution in [0.15, 0.2) is 5.16 Å². The summed E-state index contributed by atoms with van der Waals surface area (Å²) < 4.78 is 1.82. The van der Waals surface area contributed by atoms with Crippen LogP contribution in [0, 0.1) is 6.92 Å². The minimum atomic E-state index is 0.218. The van der Waals surface area contributed by atoms with Gasteiger partial charge in [0.15, 0.2) is 0 Å². The molecule has 1 rings (SSSR count). The third kappa shape index (κ3) is 1.86. The third-order valence-electron chi connectivity index (χ3n) is 2.36. The molecule has 78 valence electrons. The minimum absolute atomic E-state index is 0.218. The number of oxime groups is 1. The van der Waals surface area contributed by atoms with Gasteiger partial charge in [-0.25, -0.2) is 0 Å². The van der Waals surface area contributed by atoms with E-state index in [1.54, 1.807) is 0 Å². The third-order valence-corrected chi connectivity index (χ3v) is 2.36. The van der Waals surface area contributed by atoms with Crippen LogP contribution in [0.2, 0.25) is 0 Å². The molecule has 0 aliphatic rings. The molecule has 0 aromatic carbocycles. The zero-order valence-electron chi connectivity index (χ0n) is 8.78. The van der Waals surface area contributed by atoms with Crippen LogP contribution < -0.4 is 5.73 Å². The average Bonchev–Trinajstić information content (AvgIpc) is 2.45. The Labute approximate surface area is 83.2 Å². The van der Waals surface area contributed by atoms with Crippen LogP contribution in [-0.2, 0) is 19.9 Å². The topological polar surface area (TPSA) is 76.4 Å². The Morgan fingerprint density at radius 1 is 1.64 bits per heavy atom. The number of nitrogens with zero attached hydrogens (tertiary/aromatic N) is 3. The van der Waals surface area contributed by atoms with Crippen molar-refractivity contribution in [2.45, 2.75) is 26.7 Å². The Morgan fingerprint density at radius 3 is 2.79 bits per heavy atom. The normalized spacial score (nSPS) is 12.1. The van der Waals surface area contributed by atoms with Gasteiger partial charge in [0.1, 0.15) is 5.84 Å². The molecular weight excluding hydrogens is 180 g/mol. The van der Waals surface area contributed by atoms with Gasteiger partial charge in [0.25, 0.3) is 0 Å². The molecule has 0 saturated heterocycles. The fraction of sp³-hybridized carbons (Fsp3) is 0.556. The smallest absolute Gasteiger partial charge is 0.143 e. The summed E-state index contributed by atoms with van der Waals surface area (Å²) in [5.41, 5.74) is 8.60. The van der Waals surface area contributed by atoms with Gasteiger partial charge in [-0.3, -0.25) is 4.68 Å².